The van der Waals surface area contributed by atoms with E-state index in [1.165, 1.54) is 10.7 Å². The Kier molecular flexibility index (Phi) is 3.66. The highest BCUT2D eigenvalue weighted by atomic mass is 35.5. The second kappa shape index (κ2) is 5.50. The Hall–Kier alpha value is -2.27. The Balaban J connectivity index is 2.21. The predicted molar refractivity (Wildman–Crippen MR) is 79.0 cm³/mol. The number of hydrogen-bond donors (Lipinski definition) is 0. The first-order chi connectivity index (χ1) is 10.5. The second-order valence-corrected chi connectivity index (χ2v) is 5.06. The quantitative estimate of drug-likeness (QED) is 0.633. The van der Waals surface area contributed by atoms with Gasteiger partial charge >= 0.3 is 6.18 Å². The number of nitrogens with zero attached hydrogens (tertiary/aromatic N) is 2. The maximum Gasteiger partial charge on any atom is 0.420 e. The van der Waals surface area contributed by atoms with E-state index in [4.69, 9.17) is 11.6 Å². The molecule has 0 spiro atoms. The number of alkyl halides is 3. The van der Waals surface area contributed by atoms with Crippen LogP contribution in [0.3, 0.4) is 0 Å². The molecule has 0 aliphatic carbocycles. The van der Waals surface area contributed by atoms with Crippen molar-refractivity contribution in [1.82, 2.24) is 9.78 Å². The lowest BCUT2D eigenvalue weighted by Gasteiger charge is -2.07. The monoisotopic (exact) mass is 322 g/mol. The van der Waals surface area contributed by atoms with Gasteiger partial charge < -0.3 is 0 Å². The summed E-state index contributed by atoms with van der Waals surface area (Å²) < 4.78 is 41.1. The van der Waals surface area contributed by atoms with Crippen LogP contribution in [0, 0.1) is 0 Å². The van der Waals surface area contributed by atoms with Gasteiger partial charge in [-0.15, -0.1) is 0 Å². The highest BCUT2D eigenvalue weighted by Crippen LogP contribution is 2.39. The molecular formula is C16H10ClF3N2. The van der Waals surface area contributed by atoms with Crippen LogP contribution in [-0.4, -0.2) is 9.78 Å². The Morgan fingerprint density at radius 3 is 2.18 bits per heavy atom. The van der Waals surface area contributed by atoms with E-state index in [9.17, 15) is 13.2 Å². The van der Waals surface area contributed by atoms with E-state index in [0.29, 0.717) is 5.69 Å². The van der Waals surface area contributed by atoms with E-state index >= 15 is 0 Å². The first-order valence-electron chi connectivity index (χ1n) is 6.44. The SMILES string of the molecule is FC(F)(F)c1cn(-c2ccccc2)nc1-c1ccccc1Cl. The summed E-state index contributed by atoms with van der Waals surface area (Å²) >= 11 is 6.02. The van der Waals surface area contributed by atoms with Gasteiger partial charge in [0, 0.05) is 11.8 Å². The van der Waals surface area contributed by atoms with Gasteiger partial charge in [-0.1, -0.05) is 48.0 Å². The first-order valence-corrected chi connectivity index (χ1v) is 6.82. The van der Waals surface area contributed by atoms with Gasteiger partial charge in [0.1, 0.15) is 11.3 Å². The molecule has 1 heterocycles. The summed E-state index contributed by atoms with van der Waals surface area (Å²) in [7, 11) is 0. The standard InChI is InChI=1S/C16H10ClF3N2/c17-14-9-5-4-8-12(14)15-13(16(18,19)20)10-22(21-15)11-6-2-1-3-7-11/h1-10H. The largest absolute Gasteiger partial charge is 0.420 e. The van der Waals surface area contributed by atoms with Crippen molar-refractivity contribution < 1.29 is 13.2 Å². The van der Waals surface area contributed by atoms with Crippen LogP contribution in [0.15, 0.2) is 60.8 Å². The van der Waals surface area contributed by atoms with E-state index in [0.717, 1.165) is 6.20 Å². The molecule has 6 heteroatoms. The predicted octanol–water partition coefficient (Wildman–Crippen LogP) is 5.21. The first kappa shape index (κ1) is 14.7. The summed E-state index contributed by atoms with van der Waals surface area (Å²) in [6.45, 7) is 0. The summed E-state index contributed by atoms with van der Waals surface area (Å²) in [5.74, 6) is 0. The van der Waals surface area contributed by atoms with E-state index in [1.54, 1.807) is 48.5 Å². The summed E-state index contributed by atoms with van der Waals surface area (Å²) in [6, 6.07) is 15.0. The van der Waals surface area contributed by atoms with Crippen LogP contribution >= 0.6 is 11.6 Å². The van der Waals surface area contributed by atoms with E-state index < -0.39 is 11.7 Å². The maximum absolute atomic E-state index is 13.3. The van der Waals surface area contributed by atoms with E-state index in [-0.39, 0.29) is 16.3 Å². The van der Waals surface area contributed by atoms with Gasteiger partial charge in [0.25, 0.3) is 0 Å². The molecule has 0 unspecified atom stereocenters. The van der Waals surface area contributed by atoms with Crippen molar-refractivity contribution in [2.75, 3.05) is 0 Å². The molecule has 0 fully saturated rings. The topological polar surface area (TPSA) is 17.8 Å². The zero-order valence-electron chi connectivity index (χ0n) is 11.2. The fourth-order valence-corrected chi connectivity index (χ4v) is 2.37. The highest BCUT2D eigenvalue weighted by Gasteiger charge is 2.37. The fraction of sp³-hybridized carbons (Fsp3) is 0.0625. The molecule has 0 atom stereocenters. The molecule has 2 aromatic carbocycles. The van der Waals surface area contributed by atoms with Crippen LogP contribution in [0.25, 0.3) is 16.9 Å². The molecule has 3 aromatic rings. The molecular weight excluding hydrogens is 313 g/mol. The Bertz CT molecular complexity index is 795. The van der Waals surface area contributed by atoms with Gasteiger partial charge in [-0.25, -0.2) is 4.68 Å². The Morgan fingerprint density at radius 1 is 0.909 bits per heavy atom. The van der Waals surface area contributed by atoms with Crippen molar-refractivity contribution in [2.45, 2.75) is 6.18 Å². The molecule has 3 rings (SSSR count). The minimum Gasteiger partial charge on any atom is -0.240 e. The Labute approximate surface area is 129 Å². The average molecular weight is 323 g/mol. The summed E-state index contributed by atoms with van der Waals surface area (Å²) in [5.41, 5.74) is -0.191. The molecule has 2 nitrogen and oxygen atoms in total. The fourth-order valence-electron chi connectivity index (χ4n) is 2.15. The van der Waals surface area contributed by atoms with Crippen molar-refractivity contribution in [1.29, 1.82) is 0 Å². The molecule has 112 valence electrons. The summed E-state index contributed by atoms with van der Waals surface area (Å²) in [6.07, 6.45) is -3.53. The zero-order valence-corrected chi connectivity index (χ0v) is 11.9. The van der Waals surface area contributed by atoms with Crippen LogP contribution in [0.1, 0.15) is 5.56 Å². The molecule has 22 heavy (non-hydrogen) atoms. The minimum absolute atomic E-state index is 0.179. The van der Waals surface area contributed by atoms with Gasteiger partial charge in [0.15, 0.2) is 0 Å². The van der Waals surface area contributed by atoms with Gasteiger partial charge in [-0.05, 0) is 18.2 Å². The molecule has 0 radical (unpaired) electrons. The molecule has 0 N–H and O–H groups in total. The molecule has 0 amide bonds. The lowest BCUT2D eigenvalue weighted by molar-refractivity contribution is -0.137. The minimum atomic E-state index is -4.51. The van der Waals surface area contributed by atoms with Crippen molar-refractivity contribution in [2.24, 2.45) is 0 Å². The lowest BCUT2D eigenvalue weighted by Crippen LogP contribution is -2.05. The van der Waals surface area contributed by atoms with E-state index in [1.807, 2.05) is 0 Å². The molecule has 0 bridgehead atoms. The van der Waals surface area contributed by atoms with Gasteiger partial charge in [0.2, 0.25) is 0 Å². The summed E-state index contributed by atoms with van der Waals surface area (Å²) in [5, 5.41) is 4.32. The molecule has 1 aromatic heterocycles. The van der Waals surface area contributed by atoms with Crippen molar-refractivity contribution in [3.63, 3.8) is 0 Å². The van der Waals surface area contributed by atoms with Gasteiger partial charge in [0.05, 0.1) is 10.7 Å². The van der Waals surface area contributed by atoms with Gasteiger partial charge in [-0.2, -0.15) is 18.3 Å². The van der Waals surface area contributed by atoms with Crippen LogP contribution in [0.5, 0.6) is 0 Å². The smallest absolute Gasteiger partial charge is 0.240 e. The number of benzene rings is 2. The molecule has 0 aliphatic heterocycles. The number of rotatable bonds is 2. The normalized spacial score (nSPS) is 11.6. The Morgan fingerprint density at radius 2 is 1.55 bits per heavy atom. The number of halogens is 4. The number of para-hydroxylation sites is 1. The molecule has 0 aliphatic rings. The molecule has 0 saturated heterocycles. The number of hydrogen-bond acceptors (Lipinski definition) is 1. The van der Waals surface area contributed by atoms with Crippen LogP contribution in [0.4, 0.5) is 13.2 Å². The third-order valence-electron chi connectivity index (χ3n) is 3.17. The average Bonchev–Trinajstić information content (AvgIpc) is 2.94. The van der Waals surface area contributed by atoms with E-state index in [2.05, 4.69) is 5.10 Å². The lowest BCUT2D eigenvalue weighted by atomic mass is 10.1. The van der Waals surface area contributed by atoms with Crippen molar-refractivity contribution in [3.05, 3.63) is 71.4 Å². The number of aromatic nitrogens is 2. The van der Waals surface area contributed by atoms with Crippen LogP contribution in [0.2, 0.25) is 5.02 Å². The maximum atomic E-state index is 13.3. The third-order valence-corrected chi connectivity index (χ3v) is 3.50. The zero-order chi connectivity index (χ0) is 15.7. The molecule has 0 saturated carbocycles. The van der Waals surface area contributed by atoms with Crippen LogP contribution < -0.4 is 0 Å². The second-order valence-electron chi connectivity index (χ2n) is 4.65. The summed E-state index contributed by atoms with van der Waals surface area (Å²) in [4.78, 5) is 0. The van der Waals surface area contributed by atoms with Crippen molar-refractivity contribution >= 4 is 11.6 Å². The van der Waals surface area contributed by atoms with Crippen molar-refractivity contribution in [3.8, 4) is 16.9 Å². The third kappa shape index (κ3) is 2.72. The van der Waals surface area contributed by atoms with Crippen LogP contribution in [-0.2, 0) is 6.18 Å². The van der Waals surface area contributed by atoms with Gasteiger partial charge in [-0.3, -0.25) is 0 Å². The highest BCUT2D eigenvalue weighted by molar-refractivity contribution is 6.33.